The van der Waals surface area contributed by atoms with Gasteiger partial charge in [0.25, 0.3) is 0 Å². The number of likely N-dealkylation sites (N-methyl/N-ethyl adjacent to an activating group) is 1. The normalized spacial score (nSPS) is 22.8. The number of nitrogens with zero attached hydrogens (tertiary/aromatic N) is 5. The number of anilines is 1. The molecule has 1 saturated heterocycles. The topological polar surface area (TPSA) is 105 Å². The average Bonchev–Trinajstić information content (AvgIpc) is 3.87. The van der Waals surface area contributed by atoms with Gasteiger partial charge in [-0.3, -0.25) is 4.98 Å². The van der Waals surface area contributed by atoms with Crippen LogP contribution in [0, 0.1) is 17.3 Å². The summed E-state index contributed by atoms with van der Waals surface area (Å²) in [5.41, 5.74) is 2.67. The molecule has 4 aromatic rings. The van der Waals surface area contributed by atoms with E-state index in [0.29, 0.717) is 33.8 Å². The number of rotatable bonds is 9. The Bertz CT molecular complexity index is 1940. The van der Waals surface area contributed by atoms with E-state index < -0.39 is 5.97 Å². The average molecular weight is 717 g/mol. The molecule has 0 unspecified atom stereocenters. The van der Waals surface area contributed by atoms with Crippen molar-refractivity contribution in [2.75, 3.05) is 38.1 Å². The van der Waals surface area contributed by atoms with Gasteiger partial charge >= 0.3 is 5.97 Å². The number of piperazine rings is 1. The van der Waals surface area contributed by atoms with Crippen LogP contribution in [-0.4, -0.2) is 69.9 Å². The molecule has 1 aromatic carbocycles. The lowest BCUT2D eigenvalue weighted by atomic mass is 9.68. The van der Waals surface area contributed by atoms with E-state index in [2.05, 4.69) is 57.7 Å². The van der Waals surface area contributed by atoms with E-state index in [0.717, 1.165) is 111 Å². The molecule has 0 atom stereocenters. The second-order valence-electron chi connectivity index (χ2n) is 14.5. The first-order valence-corrected chi connectivity index (χ1v) is 18.4. The summed E-state index contributed by atoms with van der Waals surface area (Å²) in [6, 6.07) is 7.73. The molecule has 0 amide bonds. The molecule has 2 saturated carbocycles. The highest BCUT2D eigenvalue weighted by molar-refractivity contribution is 6.38. The first kappa shape index (κ1) is 34.8. The van der Waals surface area contributed by atoms with E-state index in [9.17, 15) is 9.90 Å². The number of carboxylic acid groups (broad SMARTS) is 1. The van der Waals surface area contributed by atoms with Crippen molar-refractivity contribution in [2.24, 2.45) is 5.41 Å². The van der Waals surface area contributed by atoms with Gasteiger partial charge in [-0.1, -0.05) is 53.5 Å². The minimum atomic E-state index is -1.03. The van der Waals surface area contributed by atoms with Crippen LogP contribution in [0.4, 0.5) is 5.82 Å². The van der Waals surface area contributed by atoms with E-state index in [4.69, 9.17) is 32.5 Å². The lowest BCUT2D eigenvalue weighted by Gasteiger charge is -2.43. The highest BCUT2D eigenvalue weighted by Gasteiger charge is 2.41. The van der Waals surface area contributed by atoms with Gasteiger partial charge < -0.3 is 24.2 Å². The Morgan fingerprint density at radius 2 is 1.80 bits per heavy atom. The van der Waals surface area contributed by atoms with E-state index in [1.165, 1.54) is 0 Å². The molecule has 9 nitrogen and oxygen atoms in total. The van der Waals surface area contributed by atoms with Crippen molar-refractivity contribution >= 4 is 45.8 Å². The quantitative estimate of drug-likeness (QED) is 0.171. The Labute approximate surface area is 303 Å². The third-order valence-electron chi connectivity index (χ3n) is 10.7. The van der Waals surface area contributed by atoms with Gasteiger partial charge in [-0.25, -0.2) is 9.78 Å². The molecule has 4 heterocycles. The van der Waals surface area contributed by atoms with Crippen LogP contribution in [0.3, 0.4) is 0 Å². The second-order valence-corrected chi connectivity index (χ2v) is 15.3. The second kappa shape index (κ2) is 14.1. The summed E-state index contributed by atoms with van der Waals surface area (Å²) < 4.78 is 12.8. The molecule has 0 spiro atoms. The standard InChI is InChI=1S/C39H43Cl2N5O4/c1-4-10-39(49-24-29-34(44-50-35(29)26-6-7-26)33-30(40)22-42-23-31(33)41)14-12-38(2,13-15-39)11-9-25-5-8-28-27(20-25)21-32(37(47)48)43-36(28)46-18-16-45(3)17-19-46/h5,8,20-23,26H,4,6-7,10,12-19,24H2,1-3H3,(H,47,48). The molecular weight excluding hydrogens is 673 g/mol. The molecule has 1 aliphatic heterocycles. The largest absolute Gasteiger partial charge is 0.477 e. The lowest BCUT2D eigenvalue weighted by Crippen LogP contribution is -2.45. The van der Waals surface area contributed by atoms with E-state index in [1.807, 2.05) is 18.2 Å². The molecule has 3 aromatic heterocycles. The van der Waals surface area contributed by atoms with Crippen LogP contribution < -0.4 is 4.90 Å². The third-order valence-corrected chi connectivity index (χ3v) is 11.3. The maximum Gasteiger partial charge on any atom is 0.354 e. The smallest absolute Gasteiger partial charge is 0.354 e. The fourth-order valence-corrected chi connectivity index (χ4v) is 7.94. The highest BCUT2D eigenvalue weighted by atomic mass is 35.5. The number of halogens is 2. The Morgan fingerprint density at radius 3 is 2.46 bits per heavy atom. The van der Waals surface area contributed by atoms with Crippen molar-refractivity contribution in [3.8, 4) is 23.1 Å². The van der Waals surface area contributed by atoms with Crippen LogP contribution >= 0.6 is 23.2 Å². The number of ether oxygens (including phenoxy) is 1. The number of carboxylic acids is 1. The number of fused-ring (bicyclic) bond motifs is 1. The summed E-state index contributed by atoms with van der Waals surface area (Å²) in [6.45, 7) is 8.25. The summed E-state index contributed by atoms with van der Waals surface area (Å²) in [7, 11) is 2.10. The van der Waals surface area contributed by atoms with Crippen LogP contribution in [0.5, 0.6) is 0 Å². The van der Waals surface area contributed by atoms with E-state index >= 15 is 0 Å². The predicted octanol–water partition coefficient (Wildman–Crippen LogP) is 8.61. The van der Waals surface area contributed by atoms with Gasteiger partial charge in [-0.15, -0.1) is 0 Å². The fraction of sp³-hybridized carbons (Fsp3) is 0.487. The molecule has 3 aliphatic rings. The van der Waals surface area contributed by atoms with Gasteiger partial charge in [0, 0.05) is 72.0 Å². The maximum absolute atomic E-state index is 12.0. The molecule has 2 aliphatic carbocycles. The first-order valence-electron chi connectivity index (χ1n) is 17.6. The number of pyridine rings is 2. The van der Waals surface area contributed by atoms with Gasteiger partial charge in [0.2, 0.25) is 0 Å². The number of hydrogen-bond acceptors (Lipinski definition) is 8. The van der Waals surface area contributed by atoms with E-state index in [-0.39, 0.29) is 16.7 Å². The minimum Gasteiger partial charge on any atom is -0.477 e. The molecule has 11 heteroatoms. The van der Waals surface area contributed by atoms with Crippen LogP contribution in [0.15, 0.2) is 41.2 Å². The molecular formula is C39H43Cl2N5O4. The Balaban J connectivity index is 1.09. The van der Waals surface area contributed by atoms with Gasteiger partial charge in [-0.05, 0) is 88.6 Å². The van der Waals surface area contributed by atoms with Crippen LogP contribution in [0.1, 0.15) is 98.5 Å². The molecule has 0 bridgehead atoms. The van der Waals surface area contributed by atoms with Crippen molar-refractivity contribution in [3.63, 3.8) is 0 Å². The van der Waals surface area contributed by atoms with Crippen molar-refractivity contribution in [3.05, 3.63) is 69.3 Å². The zero-order valence-electron chi connectivity index (χ0n) is 28.9. The Kier molecular flexibility index (Phi) is 9.83. The zero-order valence-corrected chi connectivity index (χ0v) is 30.4. The molecule has 1 N–H and O–H groups in total. The molecule has 262 valence electrons. The van der Waals surface area contributed by atoms with Crippen molar-refractivity contribution in [2.45, 2.75) is 83.3 Å². The lowest BCUT2D eigenvalue weighted by molar-refractivity contribution is -0.0984. The number of carbonyl (C=O) groups is 1. The summed E-state index contributed by atoms with van der Waals surface area (Å²) in [5, 5.41) is 16.9. The van der Waals surface area contributed by atoms with E-state index in [1.54, 1.807) is 18.5 Å². The SMILES string of the molecule is CCCC1(OCc2c(-c3c(Cl)cncc3Cl)noc2C2CC2)CCC(C)(C#Cc2ccc3c(N4CCN(C)CC4)nc(C(=O)O)cc3c2)CC1. The first-order chi connectivity index (χ1) is 24.1. The monoisotopic (exact) mass is 715 g/mol. The van der Waals surface area contributed by atoms with Crippen molar-refractivity contribution in [1.82, 2.24) is 20.0 Å². The van der Waals surface area contributed by atoms with Crippen LogP contribution in [0.2, 0.25) is 10.0 Å². The van der Waals surface area contributed by atoms with Crippen LogP contribution in [0.25, 0.3) is 22.0 Å². The fourth-order valence-electron chi connectivity index (χ4n) is 7.40. The number of aromatic nitrogens is 3. The number of hydrogen-bond donors (Lipinski definition) is 1. The number of benzene rings is 1. The molecule has 3 fully saturated rings. The third kappa shape index (κ3) is 7.22. The van der Waals surface area contributed by atoms with Crippen LogP contribution in [-0.2, 0) is 11.3 Å². The zero-order chi connectivity index (χ0) is 35.0. The van der Waals surface area contributed by atoms with Crippen molar-refractivity contribution in [1.29, 1.82) is 0 Å². The molecule has 0 radical (unpaired) electrons. The molecule has 7 rings (SSSR count). The van der Waals surface area contributed by atoms with Gasteiger partial charge in [-0.2, -0.15) is 0 Å². The Morgan fingerprint density at radius 1 is 1.08 bits per heavy atom. The Hall–Kier alpha value is -3.68. The highest BCUT2D eigenvalue weighted by Crippen LogP contribution is 2.48. The number of aromatic carboxylic acids is 1. The maximum atomic E-state index is 12.0. The summed E-state index contributed by atoms with van der Waals surface area (Å²) in [6.07, 6.45) is 10.9. The minimum absolute atomic E-state index is 0.0533. The summed E-state index contributed by atoms with van der Waals surface area (Å²) in [4.78, 5) is 25.1. The van der Waals surface area contributed by atoms with Gasteiger partial charge in [0.15, 0.2) is 5.69 Å². The molecule has 50 heavy (non-hydrogen) atoms. The van der Waals surface area contributed by atoms with Crippen molar-refractivity contribution < 1.29 is 19.2 Å². The summed E-state index contributed by atoms with van der Waals surface area (Å²) in [5.74, 6) is 7.98. The predicted molar refractivity (Wildman–Crippen MR) is 196 cm³/mol. The summed E-state index contributed by atoms with van der Waals surface area (Å²) >= 11 is 13.1. The van der Waals surface area contributed by atoms with Gasteiger partial charge in [0.1, 0.15) is 17.3 Å². The van der Waals surface area contributed by atoms with Gasteiger partial charge in [0.05, 0.1) is 22.3 Å².